The molecule has 3 heterocycles. The predicted molar refractivity (Wildman–Crippen MR) is 257 cm³/mol. The third kappa shape index (κ3) is 12.4. The fourth-order valence-corrected chi connectivity index (χ4v) is 8.80. The largest absolute Gasteiger partial charge is 0.484 e. The van der Waals surface area contributed by atoms with E-state index in [0.29, 0.717) is 55.2 Å². The number of imide groups is 1. The molecule has 16 nitrogen and oxygen atoms in total. The van der Waals surface area contributed by atoms with E-state index in [9.17, 15) is 33.6 Å². The van der Waals surface area contributed by atoms with Gasteiger partial charge in [-0.2, -0.15) is 0 Å². The van der Waals surface area contributed by atoms with Crippen molar-refractivity contribution in [3.63, 3.8) is 0 Å². The molecule has 0 saturated carbocycles. The number of unbranched alkanes of at least 4 members (excludes halogenated alkanes) is 3. The average Bonchev–Trinajstić information content (AvgIpc) is 3.58. The minimum atomic E-state index is -1.04. The second-order valence-electron chi connectivity index (χ2n) is 17.1. The van der Waals surface area contributed by atoms with Crippen molar-refractivity contribution in [2.75, 3.05) is 56.7 Å². The maximum Gasteiger partial charge on any atom is 0.264 e. The van der Waals surface area contributed by atoms with Crippen molar-refractivity contribution in [2.24, 2.45) is 0 Å². The number of hydrogen-bond donors (Lipinski definition) is 5. The summed E-state index contributed by atoms with van der Waals surface area (Å²) < 4.78 is 11.5. The fourth-order valence-electron chi connectivity index (χ4n) is 8.80. The molecule has 67 heavy (non-hydrogen) atoms. The van der Waals surface area contributed by atoms with E-state index in [0.717, 1.165) is 83.6 Å². The van der Waals surface area contributed by atoms with Gasteiger partial charge in [-0.25, -0.2) is 0 Å². The van der Waals surface area contributed by atoms with Gasteiger partial charge in [0.2, 0.25) is 5.91 Å². The van der Waals surface area contributed by atoms with E-state index < -0.39 is 17.9 Å². The lowest BCUT2D eigenvalue weighted by Gasteiger charge is -2.37. The Bertz CT molecular complexity index is 2500. The van der Waals surface area contributed by atoms with Crippen LogP contribution in [0.15, 0.2) is 65.5 Å². The summed E-state index contributed by atoms with van der Waals surface area (Å²) in [6, 6.07) is 17.6. The van der Waals surface area contributed by atoms with Crippen molar-refractivity contribution >= 4 is 47.2 Å². The van der Waals surface area contributed by atoms with E-state index in [1.54, 1.807) is 18.2 Å². The van der Waals surface area contributed by atoms with Crippen LogP contribution in [0.4, 0.5) is 11.4 Å². The highest BCUT2D eigenvalue weighted by atomic mass is 16.5. The number of hydrogen-bond acceptors (Lipinski definition) is 11. The number of ether oxygens (including phenoxy) is 2. The molecule has 0 radical (unpaired) electrons. The summed E-state index contributed by atoms with van der Waals surface area (Å²) >= 11 is 0. The first-order valence-corrected chi connectivity index (χ1v) is 23.2. The number of nitrogens with zero attached hydrogens (tertiary/aromatic N) is 2. The Morgan fingerprint density at radius 3 is 2.31 bits per heavy atom. The molecule has 0 spiro atoms. The Morgan fingerprint density at radius 2 is 1.63 bits per heavy atom. The topological polar surface area (TPSA) is 208 Å². The van der Waals surface area contributed by atoms with E-state index in [-0.39, 0.29) is 66.4 Å². The maximum absolute atomic E-state index is 13.9. The normalized spacial score (nSPS) is 14.0. The van der Waals surface area contributed by atoms with Crippen LogP contribution in [0, 0.1) is 20.8 Å². The Morgan fingerprint density at radius 1 is 0.896 bits per heavy atom. The third-order valence-electron chi connectivity index (χ3n) is 12.5. The van der Waals surface area contributed by atoms with Crippen LogP contribution >= 0.6 is 0 Å². The monoisotopic (exact) mass is 917 g/mol. The average molecular weight is 918 g/mol. The zero-order chi connectivity index (χ0) is 48.0. The molecule has 6 rings (SSSR count). The first-order valence-electron chi connectivity index (χ1n) is 23.2. The molecule has 4 aromatic rings. The molecule has 0 aliphatic carbocycles. The first kappa shape index (κ1) is 49.6. The molecule has 2 aliphatic rings. The van der Waals surface area contributed by atoms with Gasteiger partial charge in [0.05, 0.1) is 17.2 Å². The molecule has 1 unspecified atom stereocenters. The number of H-pyrrole nitrogens is 1. The van der Waals surface area contributed by atoms with Gasteiger partial charge in [0.15, 0.2) is 6.61 Å². The number of rotatable bonds is 23. The lowest BCUT2D eigenvalue weighted by Crippen LogP contribution is -2.41. The number of benzene rings is 3. The van der Waals surface area contributed by atoms with E-state index in [2.05, 4.69) is 44.1 Å². The van der Waals surface area contributed by atoms with Crippen LogP contribution in [0.5, 0.6) is 5.75 Å². The molecule has 5 amide bonds. The first-order chi connectivity index (χ1) is 32.3. The predicted octanol–water partition coefficient (Wildman–Crippen LogP) is 5.76. The van der Waals surface area contributed by atoms with Crippen LogP contribution in [0.3, 0.4) is 0 Å². The number of aromatic nitrogens is 1. The lowest BCUT2D eigenvalue weighted by molar-refractivity contribution is -0.123. The van der Waals surface area contributed by atoms with Gasteiger partial charge < -0.3 is 45.4 Å². The van der Waals surface area contributed by atoms with Gasteiger partial charge in [-0.15, -0.1) is 0 Å². The van der Waals surface area contributed by atoms with Crippen LogP contribution in [0.1, 0.15) is 112 Å². The second kappa shape index (κ2) is 23.6. The van der Waals surface area contributed by atoms with Gasteiger partial charge in [0.25, 0.3) is 29.2 Å². The fraction of sp³-hybridized carbons (Fsp3) is 0.431. The zero-order valence-corrected chi connectivity index (χ0v) is 39.2. The van der Waals surface area contributed by atoms with Crippen LogP contribution < -0.4 is 36.5 Å². The number of aldehydes is 1. The molecule has 16 heteroatoms. The Kier molecular flexibility index (Phi) is 17.5. The molecule has 5 N–H and O–H groups in total. The summed E-state index contributed by atoms with van der Waals surface area (Å²) in [5.74, 6) is -1.38. The highest BCUT2D eigenvalue weighted by Crippen LogP contribution is 2.35. The van der Waals surface area contributed by atoms with E-state index in [4.69, 9.17) is 9.47 Å². The Labute approximate surface area is 391 Å². The van der Waals surface area contributed by atoms with Gasteiger partial charge in [0.1, 0.15) is 12.0 Å². The second-order valence-corrected chi connectivity index (χ2v) is 17.1. The number of aromatic amines is 1. The van der Waals surface area contributed by atoms with Crippen LogP contribution in [0.2, 0.25) is 0 Å². The standard InChI is InChI=1S/C51H63N7O9/c1-6-57(37-20-24-66-25-21-37)44-28-36(27-41(34(44)4)48(62)55-29-42-32(2)26-33(3)56-49(42)63)35-14-17-39(18-15-35)67-31-46(61)54-23-10-8-7-9-22-53-43-13-11-12-40-47(43)51(65)58(50(40)64)38(30-59)16-19-45(60)52-5/h11-15,17-18,26-28,30,37-38,53H,6-10,16,19-25,29,31H2,1-5H3,(H,52,60)(H,54,61)(H,55,62)(H,56,63). The Balaban J connectivity index is 0.977. The highest BCUT2D eigenvalue weighted by molar-refractivity contribution is 6.24. The van der Waals surface area contributed by atoms with Crippen LogP contribution in [-0.4, -0.2) is 104 Å². The van der Waals surface area contributed by atoms with Crippen molar-refractivity contribution in [3.8, 4) is 16.9 Å². The summed E-state index contributed by atoms with van der Waals surface area (Å²) in [4.78, 5) is 95.4. The summed E-state index contributed by atoms with van der Waals surface area (Å²) in [6.07, 6.45) is 5.62. The summed E-state index contributed by atoms with van der Waals surface area (Å²) in [7, 11) is 1.48. The molecule has 1 aromatic heterocycles. The summed E-state index contributed by atoms with van der Waals surface area (Å²) in [6.45, 7) is 10.9. The van der Waals surface area contributed by atoms with Crippen molar-refractivity contribution in [1.29, 1.82) is 0 Å². The number of pyridine rings is 1. The quantitative estimate of drug-likeness (QED) is 0.0344. The molecule has 1 fully saturated rings. The zero-order valence-electron chi connectivity index (χ0n) is 39.2. The van der Waals surface area contributed by atoms with Gasteiger partial charge in [-0.05, 0) is 125 Å². The van der Waals surface area contributed by atoms with E-state index in [1.807, 2.05) is 57.2 Å². The molecular weight excluding hydrogens is 855 g/mol. The number of amides is 5. The van der Waals surface area contributed by atoms with Gasteiger partial charge in [-0.3, -0.25) is 33.7 Å². The lowest BCUT2D eigenvalue weighted by atomic mass is 9.95. The Hall–Kier alpha value is -6.81. The number of carbonyl (C=O) groups excluding carboxylic acids is 6. The maximum atomic E-state index is 13.9. The van der Waals surface area contributed by atoms with Crippen molar-refractivity contribution in [3.05, 3.63) is 110 Å². The molecule has 2 aliphatic heterocycles. The smallest absolute Gasteiger partial charge is 0.264 e. The van der Waals surface area contributed by atoms with Gasteiger partial charge in [0, 0.05) is 87.1 Å². The van der Waals surface area contributed by atoms with E-state index >= 15 is 0 Å². The number of anilines is 2. The minimum Gasteiger partial charge on any atom is -0.484 e. The third-order valence-corrected chi connectivity index (χ3v) is 12.5. The van der Waals surface area contributed by atoms with Crippen molar-refractivity contribution in [2.45, 2.75) is 97.7 Å². The SMILES string of the molecule is CCN(c1cc(-c2ccc(OCC(=O)NCCCCCCNc3cccc4c3C(=O)N(C(C=O)CCC(=O)NC)C4=O)cc2)cc(C(=O)NCc2c(C)cc(C)[nH]c2=O)c1C)C1CCOCC1. The van der Waals surface area contributed by atoms with E-state index in [1.165, 1.54) is 7.05 Å². The van der Waals surface area contributed by atoms with Gasteiger partial charge in [-0.1, -0.05) is 31.0 Å². The number of fused-ring (bicyclic) bond motifs is 1. The molecular formula is C51H63N7O9. The summed E-state index contributed by atoms with van der Waals surface area (Å²) in [5.41, 5.74) is 6.92. The molecule has 0 bridgehead atoms. The number of nitrogens with one attached hydrogen (secondary N) is 5. The highest BCUT2D eigenvalue weighted by Gasteiger charge is 2.41. The number of carbonyl (C=O) groups is 6. The number of aryl methyl sites for hydroxylation is 2. The summed E-state index contributed by atoms with van der Waals surface area (Å²) in [5, 5.41) is 11.7. The van der Waals surface area contributed by atoms with Crippen molar-refractivity contribution in [1.82, 2.24) is 25.8 Å². The molecule has 356 valence electrons. The van der Waals surface area contributed by atoms with Gasteiger partial charge >= 0.3 is 0 Å². The van der Waals surface area contributed by atoms with Crippen LogP contribution in [0.25, 0.3) is 11.1 Å². The van der Waals surface area contributed by atoms with Crippen LogP contribution in [-0.2, 0) is 25.7 Å². The molecule has 1 saturated heterocycles. The minimum absolute atomic E-state index is 0.00696. The molecule has 3 aromatic carbocycles. The van der Waals surface area contributed by atoms with Crippen molar-refractivity contribution < 1.29 is 38.2 Å². The molecule has 1 atom stereocenters.